The van der Waals surface area contributed by atoms with Gasteiger partial charge in [0, 0.05) is 37.2 Å². The van der Waals surface area contributed by atoms with Crippen molar-refractivity contribution in [2.24, 2.45) is 16.7 Å². The lowest BCUT2D eigenvalue weighted by atomic mass is 9.65. The van der Waals surface area contributed by atoms with Gasteiger partial charge in [-0.2, -0.15) is 4.72 Å². The fraction of sp³-hybridized carbons (Fsp3) is 0.404. The van der Waals surface area contributed by atoms with Crippen LogP contribution in [0.3, 0.4) is 0 Å². The van der Waals surface area contributed by atoms with E-state index in [0.29, 0.717) is 16.9 Å². The lowest BCUT2D eigenvalue weighted by Crippen LogP contribution is -2.47. The van der Waals surface area contributed by atoms with Crippen LogP contribution in [0.25, 0.3) is 11.1 Å². The van der Waals surface area contributed by atoms with Crippen LogP contribution < -0.4 is 10.0 Å². The van der Waals surface area contributed by atoms with E-state index in [2.05, 4.69) is 79.0 Å². The van der Waals surface area contributed by atoms with E-state index in [0.717, 1.165) is 57.6 Å². The van der Waals surface area contributed by atoms with E-state index in [1.54, 1.807) is 24.3 Å². The summed E-state index contributed by atoms with van der Waals surface area (Å²) in [6.07, 6.45) is 3.00. The van der Waals surface area contributed by atoms with E-state index in [1.165, 1.54) is 19.3 Å². The third kappa shape index (κ3) is 10.2. The molecule has 5 aromatic rings. The molecule has 0 spiro atoms. The van der Waals surface area contributed by atoms with Crippen LogP contribution in [0.2, 0.25) is 0 Å². The summed E-state index contributed by atoms with van der Waals surface area (Å²) in [4.78, 5) is 16.6. The number of nitrogens with zero attached hydrogens (tertiary/aromatic N) is 1. The molecule has 3 fully saturated rings. The van der Waals surface area contributed by atoms with E-state index in [1.807, 2.05) is 73.7 Å². The maximum absolute atomic E-state index is 13.8. The van der Waals surface area contributed by atoms with E-state index in [-0.39, 0.29) is 42.6 Å². The van der Waals surface area contributed by atoms with Gasteiger partial charge in [0.05, 0.1) is 23.7 Å². The summed E-state index contributed by atoms with van der Waals surface area (Å²) >= 11 is 0. The fourth-order valence-corrected chi connectivity index (χ4v) is 11.6. The Balaban J connectivity index is 0.999. The SMILES string of the molecule is Cc1ccc(S(=O)(=O)N[C@H](Cc2ccccc2)C(=O)NCc2cccc(-c3cccc([C@@H]4O[C@H](CN5CC6(C)CC5CC(C)(C)C6)[C@H](C)[C@H](c5ccc(CO)cc5)O4)c3)c2)cc1. The largest absolute Gasteiger partial charge is 0.392 e. The molecule has 326 valence electrons. The number of hydrogen-bond donors (Lipinski definition) is 3. The number of aliphatic hydroxyl groups excluding tert-OH is 1. The number of amides is 1. The van der Waals surface area contributed by atoms with Crippen molar-refractivity contribution in [1.82, 2.24) is 14.9 Å². The van der Waals surface area contributed by atoms with Crippen LogP contribution in [0.4, 0.5) is 0 Å². The van der Waals surface area contributed by atoms with Crippen molar-refractivity contribution >= 4 is 15.9 Å². The number of ether oxygens (including phenoxy) is 2. The summed E-state index contributed by atoms with van der Waals surface area (Å²) in [6, 6.07) is 39.9. The summed E-state index contributed by atoms with van der Waals surface area (Å²) < 4.78 is 43.4. The molecule has 1 saturated carbocycles. The summed E-state index contributed by atoms with van der Waals surface area (Å²) in [5, 5.41) is 12.8. The molecule has 10 heteroatoms. The number of aryl methyl sites for hydroxylation is 1. The zero-order valence-corrected chi connectivity index (χ0v) is 37.4. The highest BCUT2D eigenvalue weighted by Gasteiger charge is 2.51. The second-order valence-corrected chi connectivity index (χ2v) is 20.9. The van der Waals surface area contributed by atoms with Gasteiger partial charge in [-0.3, -0.25) is 9.69 Å². The maximum Gasteiger partial charge on any atom is 0.241 e. The number of likely N-dealkylation sites (tertiary alicyclic amines) is 1. The standard InChI is InChI=1S/C52H61N3O6S/c1-35-17-23-45(24-18-35)62(58,59)54-46(26-37-11-7-6-8-12-37)49(57)53-30-39-13-9-14-41(25-39)42-15-10-16-43(27-42)50-60-47(31-55-34-52(5)29-44(55)28-51(3,4)33-52)36(2)48(61-50)40-21-19-38(32-56)20-22-40/h6-25,27,36,44,46-48,50,54,56H,26,28-34H2,1-5H3,(H,53,57)/t36-,44?,46+,47+,48+,50+,52?/m0/s1. The number of sulfonamides is 1. The topological polar surface area (TPSA) is 117 Å². The van der Waals surface area contributed by atoms with Gasteiger partial charge in [-0.15, -0.1) is 0 Å². The monoisotopic (exact) mass is 855 g/mol. The Bertz CT molecular complexity index is 2440. The number of hydrogen-bond acceptors (Lipinski definition) is 7. The van der Waals surface area contributed by atoms with Gasteiger partial charge in [0.2, 0.25) is 15.9 Å². The summed E-state index contributed by atoms with van der Waals surface area (Å²) in [5.41, 5.74) is 8.11. The summed E-state index contributed by atoms with van der Waals surface area (Å²) in [5.74, 6) is -0.323. The average Bonchev–Trinajstić information content (AvgIpc) is 3.50. The molecule has 9 nitrogen and oxygen atoms in total. The summed E-state index contributed by atoms with van der Waals surface area (Å²) in [6.45, 7) is 13.5. The van der Waals surface area contributed by atoms with Crippen LogP contribution in [0.1, 0.15) is 92.7 Å². The van der Waals surface area contributed by atoms with Gasteiger partial charge in [0.15, 0.2) is 6.29 Å². The highest BCUT2D eigenvalue weighted by molar-refractivity contribution is 7.89. The van der Waals surface area contributed by atoms with E-state index in [4.69, 9.17) is 9.47 Å². The first-order valence-corrected chi connectivity index (χ1v) is 23.5. The molecule has 2 bridgehead atoms. The van der Waals surface area contributed by atoms with Gasteiger partial charge < -0.3 is 19.9 Å². The number of nitrogens with one attached hydrogen (secondary N) is 2. The third-order valence-electron chi connectivity index (χ3n) is 13.2. The first kappa shape index (κ1) is 43.9. The van der Waals surface area contributed by atoms with Crippen LogP contribution in [-0.4, -0.2) is 55.6 Å². The van der Waals surface area contributed by atoms with Crippen LogP contribution in [-0.2, 0) is 43.9 Å². The molecule has 2 heterocycles. The van der Waals surface area contributed by atoms with E-state index >= 15 is 0 Å². The number of aliphatic hydroxyl groups is 1. The van der Waals surface area contributed by atoms with Crippen molar-refractivity contribution in [1.29, 1.82) is 0 Å². The molecule has 2 aliphatic heterocycles. The van der Waals surface area contributed by atoms with Crippen LogP contribution in [0.15, 0.2) is 132 Å². The van der Waals surface area contributed by atoms with Crippen molar-refractivity contribution in [2.75, 3.05) is 13.1 Å². The predicted molar refractivity (Wildman–Crippen MR) is 243 cm³/mol. The van der Waals surface area contributed by atoms with Crippen molar-refractivity contribution in [3.63, 3.8) is 0 Å². The highest BCUT2D eigenvalue weighted by Crippen LogP contribution is 2.53. The Morgan fingerprint density at radius 3 is 2.23 bits per heavy atom. The molecule has 5 aromatic carbocycles. The molecule has 1 amide bonds. The maximum atomic E-state index is 13.8. The molecule has 3 N–H and O–H groups in total. The first-order chi connectivity index (χ1) is 29.7. The quantitative estimate of drug-likeness (QED) is 0.102. The Morgan fingerprint density at radius 1 is 0.806 bits per heavy atom. The van der Waals surface area contributed by atoms with Crippen molar-refractivity contribution in [3.05, 3.63) is 161 Å². The minimum atomic E-state index is -3.97. The molecule has 2 unspecified atom stereocenters. The number of carbonyl (C=O) groups excluding carboxylic acids is 1. The van der Waals surface area contributed by atoms with E-state index < -0.39 is 28.3 Å². The Labute approximate surface area is 367 Å². The van der Waals surface area contributed by atoms with Crippen molar-refractivity contribution in [2.45, 2.75) is 109 Å². The van der Waals surface area contributed by atoms with Crippen molar-refractivity contribution in [3.8, 4) is 11.1 Å². The fourth-order valence-electron chi connectivity index (χ4n) is 10.4. The normalized spacial score (nSPS) is 25.3. The second kappa shape index (κ2) is 18.2. The molecule has 3 aliphatic rings. The molecule has 1 aliphatic carbocycles. The van der Waals surface area contributed by atoms with E-state index in [9.17, 15) is 18.3 Å². The molecular weight excluding hydrogens is 795 g/mol. The average molecular weight is 856 g/mol. The Hall–Kier alpha value is -4.68. The van der Waals surface area contributed by atoms with Gasteiger partial charge in [-0.1, -0.05) is 136 Å². The molecular formula is C52H61N3O6S. The molecule has 62 heavy (non-hydrogen) atoms. The first-order valence-electron chi connectivity index (χ1n) is 22.0. The van der Waals surface area contributed by atoms with Crippen LogP contribution in [0, 0.1) is 23.7 Å². The second-order valence-electron chi connectivity index (χ2n) is 19.2. The summed E-state index contributed by atoms with van der Waals surface area (Å²) in [7, 11) is -3.97. The van der Waals surface area contributed by atoms with Crippen molar-refractivity contribution < 1.29 is 27.8 Å². The molecule has 0 radical (unpaired) electrons. The zero-order chi connectivity index (χ0) is 43.6. The van der Waals surface area contributed by atoms with Gasteiger partial charge in [-0.25, -0.2) is 8.42 Å². The lowest BCUT2D eigenvalue weighted by Gasteiger charge is -2.43. The zero-order valence-electron chi connectivity index (χ0n) is 36.6. The Morgan fingerprint density at radius 2 is 1.50 bits per heavy atom. The van der Waals surface area contributed by atoms with Gasteiger partial charge in [0.1, 0.15) is 6.04 Å². The third-order valence-corrected chi connectivity index (χ3v) is 14.7. The number of rotatable bonds is 14. The van der Waals surface area contributed by atoms with Gasteiger partial charge in [-0.05, 0) is 101 Å². The van der Waals surface area contributed by atoms with Crippen LogP contribution >= 0.6 is 0 Å². The minimum absolute atomic E-state index is 0.00755. The predicted octanol–water partition coefficient (Wildman–Crippen LogP) is 9.05. The highest BCUT2D eigenvalue weighted by atomic mass is 32.2. The molecule has 2 saturated heterocycles. The molecule has 0 aromatic heterocycles. The van der Waals surface area contributed by atoms with Gasteiger partial charge >= 0.3 is 0 Å². The number of fused-ring (bicyclic) bond motifs is 2. The number of carbonyl (C=O) groups is 1. The smallest absolute Gasteiger partial charge is 0.241 e. The van der Waals surface area contributed by atoms with Crippen LogP contribution in [0.5, 0.6) is 0 Å². The Kier molecular flexibility index (Phi) is 12.9. The minimum Gasteiger partial charge on any atom is -0.392 e. The number of benzene rings is 5. The molecule has 8 rings (SSSR count). The lowest BCUT2D eigenvalue weighted by molar-refractivity contribution is -0.276. The van der Waals surface area contributed by atoms with Gasteiger partial charge in [0.25, 0.3) is 0 Å². The molecule has 7 atom stereocenters.